The van der Waals surface area contributed by atoms with Gasteiger partial charge in [0.25, 0.3) is 0 Å². The highest BCUT2D eigenvalue weighted by Gasteiger charge is 2.76. The van der Waals surface area contributed by atoms with Crippen molar-refractivity contribution in [1.82, 2.24) is 0 Å². The predicted octanol–water partition coefficient (Wildman–Crippen LogP) is 2.61. The largest absolute Gasteiger partial charge is 0.455 e. The van der Waals surface area contributed by atoms with E-state index in [-0.39, 0.29) is 17.8 Å². The Hall–Kier alpha value is -0.470. The average Bonchev–Trinajstić information content (AvgIpc) is 2.36. The minimum absolute atomic E-state index is 0.0870. The molecule has 0 amide bonds. The van der Waals surface area contributed by atoms with E-state index >= 15 is 0 Å². The quantitative estimate of drug-likeness (QED) is 0.484. The summed E-state index contributed by atoms with van der Waals surface area (Å²) in [5.41, 5.74) is -0.628. The Morgan fingerprint density at radius 3 is 2.80 bits per heavy atom. The van der Waals surface area contributed by atoms with Crippen molar-refractivity contribution in [1.29, 1.82) is 0 Å². The van der Waals surface area contributed by atoms with E-state index in [0.29, 0.717) is 6.42 Å². The Bertz CT molecular complexity index is 376. The van der Waals surface area contributed by atoms with Gasteiger partial charge in [0.15, 0.2) is 9.93 Å². The van der Waals surface area contributed by atoms with E-state index in [1.165, 1.54) is 0 Å². The summed E-state index contributed by atoms with van der Waals surface area (Å²) in [5.74, 6) is 0.125. The number of halogens is 2. The van der Waals surface area contributed by atoms with E-state index < -0.39 is 9.93 Å². The van der Waals surface area contributed by atoms with Crippen LogP contribution in [-0.4, -0.2) is 15.9 Å². The van der Waals surface area contributed by atoms with Crippen LogP contribution in [0.2, 0.25) is 0 Å². The molecule has 1 heterocycles. The van der Waals surface area contributed by atoms with Crippen molar-refractivity contribution in [3.05, 3.63) is 24.3 Å². The molecule has 0 unspecified atom stereocenters. The van der Waals surface area contributed by atoms with E-state index in [4.69, 9.17) is 27.9 Å². The zero-order valence-electron chi connectivity index (χ0n) is 7.95. The van der Waals surface area contributed by atoms with Crippen LogP contribution in [0.25, 0.3) is 0 Å². The molecule has 0 bridgehead atoms. The predicted molar refractivity (Wildman–Crippen MR) is 57.8 cm³/mol. The maximum absolute atomic E-state index is 11.0. The van der Waals surface area contributed by atoms with Crippen LogP contribution in [0, 0.1) is 11.8 Å². The van der Waals surface area contributed by atoms with Crippen LogP contribution in [0.3, 0.4) is 0 Å². The first kappa shape index (κ1) is 9.73. The molecule has 3 rings (SSSR count). The number of allylic oxidation sites excluding steroid dienone is 4. The molecule has 1 spiro atoms. The fourth-order valence-corrected chi connectivity index (χ4v) is 3.80. The molecule has 0 aromatic heterocycles. The molecule has 4 heteroatoms. The van der Waals surface area contributed by atoms with Crippen LogP contribution >= 0.6 is 23.2 Å². The standard InChI is InChI=1S/C11H10Cl2O2/c12-11(13)8-5-3-1-2-4-7(8)10(11)6-9(14)15-10/h1-3,5,7-8H,4,6H2/t7-,8+,10-/m1/s1. The molecule has 1 saturated heterocycles. The average molecular weight is 245 g/mol. The molecule has 2 nitrogen and oxygen atoms in total. The number of rotatable bonds is 0. The second-order valence-corrected chi connectivity index (χ2v) is 5.73. The van der Waals surface area contributed by atoms with Crippen LogP contribution < -0.4 is 0 Å². The third-order valence-electron chi connectivity index (χ3n) is 3.67. The van der Waals surface area contributed by atoms with Gasteiger partial charge in [0.05, 0.1) is 6.42 Å². The zero-order valence-corrected chi connectivity index (χ0v) is 9.46. The molecule has 15 heavy (non-hydrogen) atoms. The molecular weight excluding hydrogens is 235 g/mol. The van der Waals surface area contributed by atoms with Crippen molar-refractivity contribution in [3.63, 3.8) is 0 Å². The number of hydrogen-bond donors (Lipinski definition) is 0. The van der Waals surface area contributed by atoms with E-state index in [1.54, 1.807) is 0 Å². The summed E-state index contributed by atoms with van der Waals surface area (Å²) in [7, 11) is 0. The summed E-state index contributed by atoms with van der Waals surface area (Å²) in [6.45, 7) is 0. The molecule has 0 aromatic carbocycles. The van der Waals surface area contributed by atoms with Crippen molar-refractivity contribution in [3.8, 4) is 0 Å². The van der Waals surface area contributed by atoms with E-state index in [0.717, 1.165) is 6.42 Å². The summed E-state index contributed by atoms with van der Waals surface area (Å²) in [4.78, 5) is 11.0. The van der Waals surface area contributed by atoms with E-state index in [9.17, 15) is 4.79 Å². The molecule has 3 atom stereocenters. The Kier molecular flexibility index (Phi) is 1.82. The summed E-state index contributed by atoms with van der Waals surface area (Å²) in [5, 5.41) is 0. The van der Waals surface area contributed by atoms with Gasteiger partial charge in [-0.25, -0.2) is 0 Å². The van der Waals surface area contributed by atoms with Gasteiger partial charge in [0.1, 0.15) is 0 Å². The fraction of sp³-hybridized carbons (Fsp3) is 0.545. The first-order valence-corrected chi connectivity index (χ1v) is 5.76. The number of hydrogen-bond acceptors (Lipinski definition) is 2. The summed E-state index contributed by atoms with van der Waals surface area (Å²) in [6.07, 6.45) is 9.23. The van der Waals surface area contributed by atoms with Gasteiger partial charge in [-0.05, 0) is 6.42 Å². The van der Waals surface area contributed by atoms with Gasteiger partial charge < -0.3 is 4.74 Å². The zero-order chi connectivity index (χ0) is 10.7. The number of carbonyl (C=O) groups excluding carboxylic acids is 1. The number of ether oxygens (including phenoxy) is 1. The third-order valence-corrected chi connectivity index (χ3v) is 4.82. The smallest absolute Gasteiger partial charge is 0.310 e. The van der Waals surface area contributed by atoms with Crippen LogP contribution in [-0.2, 0) is 9.53 Å². The van der Waals surface area contributed by atoms with Crippen LogP contribution in [0.4, 0.5) is 0 Å². The molecular formula is C11H10Cl2O2. The maximum atomic E-state index is 11.0. The molecule has 1 saturated carbocycles. The lowest BCUT2D eigenvalue weighted by Crippen LogP contribution is -2.76. The van der Waals surface area contributed by atoms with Crippen molar-refractivity contribution in [2.75, 3.05) is 0 Å². The topological polar surface area (TPSA) is 26.3 Å². The van der Waals surface area contributed by atoms with Crippen molar-refractivity contribution in [2.24, 2.45) is 11.8 Å². The number of alkyl halides is 2. The molecule has 0 N–H and O–H groups in total. The second-order valence-electron chi connectivity index (χ2n) is 4.34. The van der Waals surface area contributed by atoms with Gasteiger partial charge in [-0.3, -0.25) is 4.79 Å². The van der Waals surface area contributed by atoms with Gasteiger partial charge in [-0.2, -0.15) is 0 Å². The van der Waals surface area contributed by atoms with Crippen LogP contribution in [0.5, 0.6) is 0 Å². The molecule has 0 aromatic rings. The Morgan fingerprint density at radius 2 is 2.13 bits per heavy atom. The Balaban J connectivity index is 1.95. The summed E-state index contributed by atoms with van der Waals surface area (Å²) < 4.78 is 4.28. The Morgan fingerprint density at radius 1 is 1.40 bits per heavy atom. The highest BCUT2D eigenvalue weighted by Crippen LogP contribution is 2.67. The van der Waals surface area contributed by atoms with Crippen molar-refractivity contribution in [2.45, 2.75) is 22.8 Å². The lowest BCUT2D eigenvalue weighted by molar-refractivity contribution is -0.239. The van der Waals surface area contributed by atoms with Crippen molar-refractivity contribution >= 4 is 29.2 Å². The van der Waals surface area contributed by atoms with Crippen molar-refractivity contribution < 1.29 is 9.53 Å². The number of esters is 1. The molecule has 0 radical (unpaired) electrons. The molecule has 3 aliphatic rings. The molecule has 80 valence electrons. The summed E-state index contributed by atoms with van der Waals surface area (Å²) in [6, 6.07) is 0. The lowest BCUT2D eigenvalue weighted by Gasteiger charge is -2.64. The first-order chi connectivity index (χ1) is 7.08. The molecule has 2 fully saturated rings. The van der Waals surface area contributed by atoms with Crippen LogP contribution in [0.15, 0.2) is 24.3 Å². The lowest BCUT2D eigenvalue weighted by atomic mass is 9.56. The first-order valence-electron chi connectivity index (χ1n) is 5.01. The van der Waals surface area contributed by atoms with E-state index in [1.807, 2.05) is 18.2 Å². The third kappa shape index (κ3) is 0.994. The highest BCUT2D eigenvalue weighted by molar-refractivity contribution is 6.51. The van der Waals surface area contributed by atoms with Crippen LogP contribution in [0.1, 0.15) is 12.8 Å². The van der Waals surface area contributed by atoms with E-state index in [2.05, 4.69) is 6.08 Å². The second kappa shape index (κ2) is 2.80. The number of carbonyl (C=O) groups is 1. The summed E-state index contributed by atoms with van der Waals surface area (Å²) >= 11 is 12.6. The molecule has 1 aliphatic heterocycles. The van der Waals surface area contributed by atoms with Gasteiger partial charge in [-0.1, -0.05) is 47.5 Å². The number of fused-ring (bicyclic) bond motifs is 2. The van der Waals surface area contributed by atoms with Gasteiger partial charge in [0.2, 0.25) is 0 Å². The SMILES string of the molecule is O=C1C[C@@]2(O1)[C@@H]1CC=CC=C[C@@H]1C2(Cl)Cl. The fourth-order valence-electron chi connectivity index (χ4n) is 2.86. The van der Waals surface area contributed by atoms with Gasteiger partial charge in [-0.15, -0.1) is 0 Å². The monoisotopic (exact) mass is 244 g/mol. The normalized spacial score (nSPS) is 45.1. The minimum Gasteiger partial charge on any atom is -0.455 e. The minimum atomic E-state index is -0.950. The highest BCUT2D eigenvalue weighted by atomic mass is 35.5. The van der Waals surface area contributed by atoms with Gasteiger partial charge in [0, 0.05) is 11.8 Å². The molecule has 2 aliphatic carbocycles. The maximum Gasteiger partial charge on any atom is 0.310 e. The Labute approximate surface area is 97.9 Å². The van der Waals surface area contributed by atoms with Gasteiger partial charge >= 0.3 is 5.97 Å².